The molecule has 1 aromatic rings. The van der Waals surface area contributed by atoms with E-state index in [0.29, 0.717) is 18.4 Å². The van der Waals surface area contributed by atoms with Gasteiger partial charge < -0.3 is 10.1 Å². The third-order valence-electron chi connectivity index (χ3n) is 4.81. The minimum atomic E-state index is -0.145. The molecule has 1 aromatic heterocycles. The van der Waals surface area contributed by atoms with E-state index in [2.05, 4.69) is 29.5 Å². The van der Waals surface area contributed by atoms with Crippen LogP contribution in [-0.4, -0.2) is 30.8 Å². The lowest BCUT2D eigenvalue weighted by Gasteiger charge is -2.37. The number of hydrogen-bond donors (Lipinski definition) is 2. The van der Waals surface area contributed by atoms with Crippen molar-refractivity contribution in [3.05, 3.63) is 10.4 Å². The zero-order valence-corrected chi connectivity index (χ0v) is 14.2. The standard InChI is InChI=1S/C16H25N3O2S/c1-16(2,12-5-7-21-8-6-12)9-17-15(20)19-14-13(11-3-4-11)22-10-18-14/h10-12H,3-9H2,1-2H3,(H2,17,19,20). The number of nitrogens with one attached hydrogen (secondary N) is 2. The Hall–Kier alpha value is -1.14. The Morgan fingerprint density at radius 3 is 2.77 bits per heavy atom. The molecule has 1 aliphatic carbocycles. The van der Waals surface area contributed by atoms with E-state index in [1.165, 1.54) is 17.7 Å². The molecule has 0 unspecified atom stereocenters. The lowest BCUT2D eigenvalue weighted by molar-refractivity contribution is 0.0238. The average Bonchev–Trinajstić information content (AvgIpc) is 3.26. The Bertz CT molecular complexity index is 519. The highest BCUT2D eigenvalue weighted by molar-refractivity contribution is 7.10. The van der Waals surface area contributed by atoms with Gasteiger partial charge in [-0.2, -0.15) is 0 Å². The Balaban J connectivity index is 1.50. The third-order valence-corrected chi connectivity index (χ3v) is 5.80. The van der Waals surface area contributed by atoms with E-state index < -0.39 is 0 Å². The molecule has 1 aliphatic heterocycles. The van der Waals surface area contributed by atoms with Gasteiger partial charge in [-0.15, -0.1) is 11.3 Å². The molecule has 1 saturated carbocycles. The summed E-state index contributed by atoms with van der Waals surface area (Å²) in [6.45, 7) is 6.80. The van der Waals surface area contributed by atoms with Crippen LogP contribution in [0.15, 0.2) is 5.51 Å². The number of aromatic nitrogens is 1. The summed E-state index contributed by atoms with van der Waals surface area (Å²) >= 11 is 1.64. The summed E-state index contributed by atoms with van der Waals surface area (Å²) in [5.74, 6) is 1.96. The second kappa shape index (κ2) is 6.54. The molecule has 2 N–H and O–H groups in total. The van der Waals surface area contributed by atoms with E-state index in [0.717, 1.165) is 31.9 Å². The number of anilines is 1. The molecule has 2 amide bonds. The molecule has 2 aliphatic rings. The van der Waals surface area contributed by atoms with Crippen molar-refractivity contribution in [1.29, 1.82) is 0 Å². The monoisotopic (exact) mass is 323 g/mol. The second-order valence-electron chi connectivity index (χ2n) is 7.02. The molecule has 5 nitrogen and oxygen atoms in total. The van der Waals surface area contributed by atoms with Crippen LogP contribution >= 0.6 is 11.3 Å². The Morgan fingerprint density at radius 2 is 2.09 bits per heavy atom. The van der Waals surface area contributed by atoms with Crippen LogP contribution in [0.2, 0.25) is 0 Å². The molecule has 0 aromatic carbocycles. The summed E-state index contributed by atoms with van der Waals surface area (Å²) in [5, 5.41) is 5.93. The first-order valence-corrected chi connectivity index (χ1v) is 9.00. The third kappa shape index (κ3) is 3.79. The lowest BCUT2D eigenvalue weighted by atomic mass is 9.74. The van der Waals surface area contributed by atoms with Crippen LogP contribution < -0.4 is 10.6 Å². The van der Waals surface area contributed by atoms with Crippen molar-refractivity contribution >= 4 is 23.2 Å². The molecule has 3 rings (SSSR count). The van der Waals surface area contributed by atoms with E-state index in [1.807, 2.05) is 5.51 Å². The molecule has 0 spiro atoms. The van der Waals surface area contributed by atoms with Crippen LogP contribution in [0.1, 0.15) is 50.3 Å². The minimum Gasteiger partial charge on any atom is -0.381 e. The first-order valence-electron chi connectivity index (χ1n) is 8.12. The van der Waals surface area contributed by atoms with Crippen LogP contribution in [0.5, 0.6) is 0 Å². The van der Waals surface area contributed by atoms with E-state index in [4.69, 9.17) is 4.74 Å². The number of urea groups is 1. The van der Waals surface area contributed by atoms with Crippen LogP contribution in [0.25, 0.3) is 0 Å². The summed E-state index contributed by atoms with van der Waals surface area (Å²) in [6, 6.07) is -0.145. The number of rotatable bonds is 5. The molecule has 2 fully saturated rings. The topological polar surface area (TPSA) is 63.2 Å². The lowest BCUT2D eigenvalue weighted by Crippen LogP contribution is -2.42. The smallest absolute Gasteiger partial charge is 0.320 e. The van der Waals surface area contributed by atoms with Crippen molar-refractivity contribution in [3.63, 3.8) is 0 Å². The summed E-state index contributed by atoms with van der Waals surface area (Å²) < 4.78 is 5.43. The minimum absolute atomic E-state index is 0.0858. The summed E-state index contributed by atoms with van der Waals surface area (Å²) in [6.07, 6.45) is 4.59. The predicted octanol–water partition coefficient (Wildman–Crippen LogP) is 3.59. The molecular formula is C16H25N3O2S. The molecule has 0 bridgehead atoms. The zero-order chi connectivity index (χ0) is 15.6. The maximum absolute atomic E-state index is 12.2. The van der Waals surface area contributed by atoms with Crippen molar-refractivity contribution in [1.82, 2.24) is 10.3 Å². The zero-order valence-electron chi connectivity index (χ0n) is 13.4. The molecular weight excluding hydrogens is 298 g/mol. The van der Waals surface area contributed by atoms with Crippen molar-refractivity contribution < 1.29 is 9.53 Å². The number of carbonyl (C=O) groups is 1. The second-order valence-corrected chi connectivity index (χ2v) is 7.91. The number of hydrogen-bond acceptors (Lipinski definition) is 4. The van der Waals surface area contributed by atoms with Gasteiger partial charge in [0.15, 0.2) is 0 Å². The maximum atomic E-state index is 12.2. The van der Waals surface area contributed by atoms with Gasteiger partial charge in [0.25, 0.3) is 0 Å². The van der Waals surface area contributed by atoms with Gasteiger partial charge in [0.05, 0.1) is 10.4 Å². The fraction of sp³-hybridized carbons (Fsp3) is 0.750. The van der Waals surface area contributed by atoms with Gasteiger partial charge in [-0.25, -0.2) is 9.78 Å². The summed E-state index contributed by atoms with van der Waals surface area (Å²) in [5.41, 5.74) is 1.90. The van der Waals surface area contributed by atoms with Crippen molar-refractivity contribution in [2.45, 2.75) is 45.4 Å². The molecule has 2 heterocycles. The first kappa shape index (κ1) is 15.7. The van der Waals surface area contributed by atoms with Crippen LogP contribution in [-0.2, 0) is 4.74 Å². The number of nitrogens with zero attached hydrogens (tertiary/aromatic N) is 1. The molecule has 22 heavy (non-hydrogen) atoms. The van der Waals surface area contributed by atoms with Gasteiger partial charge in [0, 0.05) is 19.8 Å². The van der Waals surface area contributed by atoms with Gasteiger partial charge >= 0.3 is 6.03 Å². The SMILES string of the molecule is CC(C)(CNC(=O)Nc1ncsc1C1CC1)C1CCOCC1. The Kier molecular flexibility index (Phi) is 4.68. The predicted molar refractivity (Wildman–Crippen MR) is 88.4 cm³/mol. The summed E-state index contributed by atoms with van der Waals surface area (Å²) in [4.78, 5) is 17.7. The van der Waals surface area contributed by atoms with Crippen molar-refractivity contribution in [2.75, 3.05) is 25.1 Å². The molecule has 0 radical (unpaired) electrons. The largest absolute Gasteiger partial charge is 0.381 e. The molecule has 0 atom stereocenters. The van der Waals surface area contributed by atoms with Crippen molar-refractivity contribution in [3.8, 4) is 0 Å². The van der Waals surface area contributed by atoms with Crippen LogP contribution in [0.4, 0.5) is 10.6 Å². The highest BCUT2D eigenvalue weighted by atomic mass is 32.1. The van der Waals surface area contributed by atoms with Gasteiger partial charge in [-0.1, -0.05) is 13.8 Å². The van der Waals surface area contributed by atoms with E-state index in [1.54, 1.807) is 11.3 Å². The quantitative estimate of drug-likeness (QED) is 0.870. The van der Waals surface area contributed by atoms with Crippen molar-refractivity contribution in [2.24, 2.45) is 11.3 Å². The van der Waals surface area contributed by atoms with Gasteiger partial charge in [0.1, 0.15) is 5.82 Å². The molecule has 122 valence electrons. The maximum Gasteiger partial charge on any atom is 0.320 e. The number of amides is 2. The van der Waals surface area contributed by atoms with Gasteiger partial charge in [0.2, 0.25) is 0 Å². The van der Waals surface area contributed by atoms with E-state index in [-0.39, 0.29) is 11.4 Å². The highest BCUT2D eigenvalue weighted by Gasteiger charge is 2.32. The Morgan fingerprint density at radius 1 is 1.36 bits per heavy atom. The van der Waals surface area contributed by atoms with Gasteiger partial charge in [-0.05, 0) is 42.9 Å². The fourth-order valence-electron chi connectivity index (χ4n) is 3.07. The molecule has 6 heteroatoms. The summed E-state index contributed by atoms with van der Waals surface area (Å²) in [7, 11) is 0. The normalized spacial score (nSPS) is 19.9. The fourth-order valence-corrected chi connectivity index (χ4v) is 3.98. The van der Waals surface area contributed by atoms with Gasteiger partial charge in [-0.3, -0.25) is 5.32 Å². The van der Waals surface area contributed by atoms with Crippen LogP contribution in [0, 0.1) is 11.3 Å². The van der Waals surface area contributed by atoms with Crippen LogP contribution in [0.3, 0.4) is 0 Å². The number of thiazole rings is 1. The Labute approximate surface area is 135 Å². The number of carbonyl (C=O) groups excluding carboxylic acids is 1. The highest BCUT2D eigenvalue weighted by Crippen LogP contribution is 2.45. The first-order chi connectivity index (χ1) is 10.6. The van der Waals surface area contributed by atoms with E-state index in [9.17, 15) is 4.79 Å². The van der Waals surface area contributed by atoms with E-state index >= 15 is 0 Å². The molecule has 1 saturated heterocycles. The number of ether oxygens (including phenoxy) is 1. The average molecular weight is 323 g/mol.